The molecule has 2 aliphatic rings. The average molecular weight is 749 g/mol. The van der Waals surface area contributed by atoms with Crippen LogP contribution in [0.2, 0.25) is 0 Å². The molecule has 0 atom stereocenters. The topological polar surface area (TPSA) is 110 Å². The zero-order valence-corrected chi connectivity index (χ0v) is 31.9. The minimum atomic E-state index is -4.67. The van der Waals surface area contributed by atoms with Crippen LogP contribution in [0.15, 0.2) is 120 Å². The Morgan fingerprint density at radius 3 is 2.30 bits per heavy atom. The van der Waals surface area contributed by atoms with Gasteiger partial charge < -0.3 is 19.3 Å². The largest absolute Gasteiger partial charge is 0.744 e. The number of hydrogen-bond acceptors (Lipinski definition) is 6. The smallest absolute Gasteiger partial charge is 0.303 e. The first-order chi connectivity index (χ1) is 25.3. The van der Waals surface area contributed by atoms with Crippen molar-refractivity contribution in [1.82, 2.24) is 0 Å². The molecule has 0 saturated heterocycles. The lowest BCUT2D eigenvalue weighted by atomic mass is 9.79. The van der Waals surface area contributed by atoms with E-state index in [0.29, 0.717) is 25.0 Å². The number of carboxylic acids is 1. The van der Waals surface area contributed by atoms with Crippen LogP contribution < -0.4 is 4.90 Å². The van der Waals surface area contributed by atoms with Crippen molar-refractivity contribution in [2.24, 2.45) is 0 Å². The highest BCUT2D eigenvalue weighted by Gasteiger charge is 2.45. The molecule has 4 aromatic rings. The first kappa shape index (κ1) is 40.4. The van der Waals surface area contributed by atoms with Gasteiger partial charge in [0.2, 0.25) is 5.69 Å². The highest BCUT2D eigenvalue weighted by atomic mass is 32.2. The molecule has 0 fully saturated rings. The number of anilines is 1. The van der Waals surface area contributed by atoms with Crippen LogP contribution in [0.3, 0.4) is 0 Å². The second-order valence-corrected chi connectivity index (χ2v) is 16.1. The zero-order valence-electron chi connectivity index (χ0n) is 31.1. The molecule has 0 saturated carbocycles. The molecule has 0 spiro atoms. The minimum absolute atomic E-state index is 0. The van der Waals surface area contributed by atoms with Crippen LogP contribution >= 0.6 is 0 Å². The number of unbranched alkanes of at least 4 members (excludes halogenated alkanes) is 2. The summed E-state index contributed by atoms with van der Waals surface area (Å²) in [4.78, 5) is 13.2. The van der Waals surface area contributed by atoms with Gasteiger partial charge in [0.25, 0.3) is 0 Å². The van der Waals surface area contributed by atoms with E-state index in [1.54, 1.807) is 19.2 Å². The molecule has 2 aliphatic heterocycles. The molecule has 9 heteroatoms. The Morgan fingerprint density at radius 2 is 1.56 bits per heavy atom. The van der Waals surface area contributed by atoms with Gasteiger partial charge in [0.15, 0.2) is 5.71 Å². The van der Waals surface area contributed by atoms with Gasteiger partial charge in [-0.15, -0.1) is 0 Å². The molecule has 1 N–H and O–H groups in total. The maximum atomic E-state index is 12.2. The molecule has 0 amide bonds. The summed E-state index contributed by atoms with van der Waals surface area (Å²) in [5, 5.41) is 12.8. The molecule has 0 unspecified atom stereocenters. The maximum absolute atomic E-state index is 12.2. The highest BCUT2D eigenvalue weighted by Crippen LogP contribution is 2.50. The van der Waals surface area contributed by atoms with Crippen molar-refractivity contribution >= 4 is 54.7 Å². The Morgan fingerprint density at radius 1 is 0.833 bits per heavy atom. The summed E-state index contributed by atoms with van der Waals surface area (Å²) in [6.07, 6.45) is 16.7. The SMILES string of the molecule is C.COCCN1C(=CC=CC=CC=CC2=[N+](CCCCCC(=O)O)c3ccc4c(S(=O)(=O)[O-])cccc4c3C2(C)C)C(C)(C)c2c1ccc1ccccc21. The summed E-state index contributed by atoms with van der Waals surface area (Å²) in [6, 6.07) is 21.5. The lowest BCUT2D eigenvalue weighted by Crippen LogP contribution is -2.28. The second-order valence-electron chi connectivity index (χ2n) is 14.8. The molecule has 4 aromatic carbocycles. The van der Waals surface area contributed by atoms with Crippen LogP contribution in [0.1, 0.15) is 71.9 Å². The lowest BCUT2D eigenvalue weighted by Gasteiger charge is -2.26. The van der Waals surface area contributed by atoms with Gasteiger partial charge >= 0.3 is 5.97 Å². The molecular formula is C45H52N2O6S. The minimum Gasteiger partial charge on any atom is -0.744 e. The van der Waals surface area contributed by atoms with E-state index < -0.39 is 21.5 Å². The van der Waals surface area contributed by atoms with E-state index in [1.165, 1.54) is 33.8 Å². The fourth-order valence-corrected chi connectivity index (χ4v) is 8.91. The molecule has 0 aromatic heterocycles. The van der Waals surface area contributed by atoms with Crippen molar-refractivity contribution in [3.8, 4) is 0 Å². The van der Waals surface area contributed by atoms with Crippen molar-refractivity contribution in [3.05, 3.63) is 126 Å². The quantitative estimate of drug-likeness (QED) is 0.0592. The van der Waals surface area contributed by atoms with Gasteiger partial charge in [-0.1, -0.05) is 94.1 Å². The average Bonchev–Trinajstić information content (AvgIpc) is 3.47. The van der Waals surface area contributed by atoms with Gasteiger partial charge in [-0.05, 0) is 78.1 Å². The Balaban J connectivity index is 0.00000561. The monoisotopic (exact) mass is 748 g/mol. The molecule has 0 radical (unpaired) electrons. The van der Waals surface area contributed by atoms with Crippen molar-refractivity contribution in [1.29, 1.82) is 0 Å². The predicted octanol–water partition coefficient (Wildman–Crippen LogP) is 9.55. The number of carboxylic acid groups (broad SMARTS) is 1. The second kappa shape index (κ2) is 16.3. The van der Waals surface area contributed by atoms with Gasteiger partial charge in [0, 0.05) is 61.0 Å². The number of allylic oxidation sites excluding steroid dienone is 8. The predicted molar refractivity (Wildman–Crippen MR) is 219 cm³/mol. The number of carbonyl (C=O) groups is 1. The molecule has 8 nitrogen and oxygen atoms in total. The summed E-state index contributed by atoms with van der Waals surface area (Å²) in [7, 11) is -2.94. The Kier molecular flexibility index (Phi) is 12.2. The number of fused-ring (bicyclic) bond motifs is 6. The van der Waals surface area contributed by atoms with Gasteiger partial charge in [-0.25, -0.2) is 8.42 Å². The number of ether oxygens (including phenoxy) is 1. The first-order valence-electron chi connectivity index (χ1n) is 18.2. The summed E-state index contributed by atoms with van der Waals surface area (Å²) in [5.41, 5.74) is 5.99. The molecule has 6 rings (SSSR count). The number of benzene rings is 4. The fraction of sp³-hybridized carbons (Fsp3) is 0.333. The molecule has 284 valence electrons. The van der Waals surface area contributed by atoms with E-state index in [1.807, 2.05) is 36.4 Å². The van der Waals surface area contributed by atoms with E-state index in [0.717, 1.165) is 41.7 Å². The highest BCUT2D eigenvalue weighted by molar-refractivity contribution is 7.86. The van der Waals surface area contributed by atoms with Crippen LogP contribution in [-0.4, -0.2) is 61.1 Å². The summed E-state index contributed by atoms with van der Waals surface area (Å²) >= 11 is 0. The number of nitrogens with zero attached hydrogens (tertiary/aromatic N) is 2. The number of aliphatic carboxylic acids is 1. The van der Waals surface area contributed by atoms with Crippen molar-refractivity contribution < 1.29 is 32.2 Å². The molecule has 0 bridgehead atoms. The van der Waals surface area contributed by atoms with E-state index >= 15 is 0 Å². The van der Waals surface area contributed by atoms with Crippen molar-refractivity contribution in [2.45, 2.75) is 76.5 Å². The number of hydrogen-bond donors (Lipinski definition) is 1. The molecule has 2 heterocycles. The van der Waals surface area contributed by atoms with E-state index in [-0.39, 0.29) is 24.2 Å². The van der Waals surface area contributed by atoms with Crippen LogP contribution in [0.4, 0.5) is 11.4 Å². The molecule has 0 aliphatic carbocycles. The Bertz CT molecular complexity index is 2330. The molecule has 54 heavy (non-hydrogen) atoms. The van der Waals surface area contributed by atoms with E-state index in [9.17, 15) is 17.8 Å². The Labute approximate surface area is 320 Å². The summed E-state index contributed by atoms with van der Waals surface area (Å²) in [6.45, 7) is 10.8. The van der Waals surface area contributed by atoms with Gasteiger partial charge in [0.05, 0.1) is 16.9 Å². The number of rotatable bonds is 14. The Hall–Kier alpha value is -4.83. The van der Waals surface area contributed by atoms with Crippen molar-refractivity contribution in [3.63, 3.8) is 0 Å². The third kappa shape index (κ3) is 7.71. The summed E-state index contributed by atoms with van der Waals surface area (Å²) in [5.74, 6) is -0.797. The number of methoxy groups -OCH3 is 1. The van der Waals surface area contributed by atoms with Gasteiger partial charge in [0.1, 0.15) is 16.7 Å². The van der Waals surface area contributed by atoms with Crippen molar-refractivity contribution in [2.75, 3.05) is 31.7 Å². The van der Waals surface area contributed by atoms with Crippen LogP contribution in [0.5, 0.6) is 0 Å². The third-order valence-corrected chi connectivity index (χ3v) is 11.5. The van der Waals surface area contributed by atoms with Crippen LogP contribution in [-0.2, 0) is 30.5 Å². The molecular weight excluding hydrogens is 697 g/mol. The maximum Gasteiger partial charge on any atom is 0.303 e. The van der Waals surface area contributed by atoms with Gasteiger partial charge in [-0.3, -0.25) is 4.79 Å². The third-order valence-electron chi connectivity index (χ3n) is 10.6. The zero-order chi connectivity index (χ0) is 38.0. The summed E-state index contributed by atoms with van der Waals surface area (Å²) < 4.78 is 44.2. The van der Waals surface area contributed by atoms with Gasteiger partial charge in [-0.2, -0.15) is 4.58 Å². The fourth-order valence-electron chi connectivity index (χ4n) is 8.22. The van der Waals surface area contributed by atoms with E-state index in [4.69, 9.17) is 9.84 Å². The normalized spacial score (nSPS) is 17.1. The van der Waals surface area contributed by atoms with Crippen LogP contribution in [0, 0.1) is 0 Å². The first-order valence-corrected chi connectivity index (χ1v) is 19.6. The lowest BCUT2D eigenvalue weighted by molar-refractivity contribution is -0.438. The van der Waals surface area contributed by atoms with Crippen LogP contribution in [0.25, 0.3) is 21.5 Å². The van der Waals surface area contributed by atoms with E-state index in [2.05, 4.69) is 91.8 Å². The standard InChI is InChI=1S/C44H48N2O6S.CH4/c1-43(2)39(46(29-30-52-5)35-26-24-31-17-13-14-18-32(31)41(35)43)22-11-8-6-7-10-21-38-44(3,4)42-34-19-16-20-37(53(49,50)51)33(34)25-27-36(42)45(38)28-15-9-12-23-40(47)48;/h6-8,10-11,13-14,16-22,24-27H,9,12,15,23,28-30H2,1-5H3,(H-,47,48,49,50,51);1H4.